The molecule has 0 amide bonds. The van der Waals surface area contributed by atoms with Crippen molar-refractivity contribution in [1.29, 1.82) is 0 Å². The maximum atomic E-state index is 10.5. The number of hydrogen-bond acceptors (Lipinski definition) is 2. The van der Waals surface area contributed by atoms with Gasteiger partial charge in [-0.05, 0) is 6.92 Å². The van der Waals surface area contributed by atoms with Crippen LogP contribution in [0.1, 0.15) is 52.9 Å². The molecule has 0 aromatic rings. The highest BCUT2D eigenvalue weighted by atomic mass is 35.5. The number of unbranched alkanes of at least 4 members (excludes halogenated alkanes) is 3. The number of rotatable bonds is 6. The van der Waals surface area contributed by atoms with Gasteiger partial charge in [-0.3, -0.25) is 4.79 Å². The molecular weight excluding hydrogens is 235 g/mol. The van der Waals surface area contributed by atoms with Crippen LogP contribution in [0.3, 0.4) is 0 Å². The fourth-order valence-corrected chi connectivity index (χ4v) is 1.10. The highest BCUT2D eigenvalue weighted by Crippen LogP contribution is 2.07. The second kappa shape index (κ2) is 14.1. The first-order chi connectivity index (χ1) is 7.08. The molecule has 2 nitrogen and oxygen atoms in total. The summed E-state index contributed by atoms with van der Waals surface area (Å²) in [6.07, 6.45) is 5.60. The molecule has 0 rings (SSSR count). The van der Waals surface area contributed by atoms with Crippen LogP contribution in [0.4, 0.5) is 0 Å². The third kappa shape index (κ3) is 20.2. The lowest BCUT2D eigenvalue weighted by Crippen LogP contribution is -2.07. The van der Waals surface area contributed by atoms with Gasteiger partial charge in [-0.2, -0.15) is 0 Å². The standard InChI is InChI=1S/C6H14.C5H8Cl2O2/c1-3-5-6-4-2;1-2-9-5(8)3-4(6)7/h3-6H2,1-2H3;4H,2-3H2,1H3. The zero-order chi connectivity index (χ0) is 12.1. The Hall–Kier alpha value is 0.0500. The Kier molecular flexibility index (Phi) is 16.3. The highest BCUT2D eigenvalue weighted by Gasteiger charge is 2.06. The van der Waals surface area contributed by atoms with E-state index in [1.165, 1.54) is 25.7 Å². The molecule has 0 unspecified atom stereocenters. The number of alkyl halides is 2. The summed E-state index contributed by atoms with van der Waals surface area (Å²) in [7, 11) is 0. The van der Waals surface area contributed by atoms with Gasteiger partial charge in [-0.25, -0.2) is 0 Å². The number of hydrogen-bond donors (Lipinski definition) is 0. The molecule has 0 N–H and O–H groups in total. The summed E-state index contributed by atoms with van der Waals surface area (Å²) < 4.78 is 4.54. The zero-order valence-corrected chi connectivity index (χ0v) is 11.4. The third-order valence-corrected chi connectivity index (χ3v) is 1.89. The molecule has 0 saturated carbocycles. The van der Waals surface area contributed by atoms with Crippen molar-refractivity contribution in [2.45, 2.75) is 57.7 Å². The Balaban J connectivity index is 0. The van der Waals surface area contributed by atoms with Crippen molar-refractivity contribution in [3.8, 4) is 0 Å². The Bertz CT molecular complexity index is 135. The van der Waals surface area contributed by atoms with Crippen LogP contribution in [0.25, 0.3) is 0 Å². The van der Waals surface area contributed by atoms with E-state index in [-0.39, 0.29) is 12.4 Å². The number of halogens is 2. The van der Waals surface area contributed by atoms with E-state index in [9.17, 15) is 4.79 Å². The summed E-state index contributed by atoms with van der Waals surface area (Å²) in [6, 6.07) is 0. The maximum Gasteiger partial charge on any atom is 0.308 e. The molecule has 0 aliphatic rings. The maximum absolute atomic E-state index is 10.5. The topological polar surface area (TPSA) is 26.3 Å². The van der Waals surface area contributed by atoms with Crippen molar-refractivity contribution in [2.75, 3.05) is 6.61 Å². The molecule has 0 heterocycles. The van der Waals surface area contributed by atoms with Crippen LogP contribution >= 0.6 is 23.2 Å². The second-order valence-corrected chi connectivity index (χ2v) is 4.38. The van der Waals surface area contributed by atoms with Crippen molar-refractivity contribution in [2.24, 2.45) is 0 Å². The van der Waals surface area contributed by atoms with Gasteiger partial charge in [-0.1, -0.05) is 39.5 Å². The van der Waals surface area contributed by atoms with Gasteiger partial charge in [0.05, 0.1) is 13.0 Å². The normalized spacial score (nSPS) is 9.47. The fourth-order valence-electron chi connectivity index (χ4n) is 0.846. The molecule has 15 heavy (non-hydrogen) atoms. The lowest BCUT2D eigenvalue weighted by atomic mass is 10.2. The Morgan fingerprint density at radius 2 is 1.60 bits per heavy atom. The van der Waals surface area contributed by atoms with E-state index in [0.29, 0.717) is 6.61 Å². The number of ether oxygens (including phenoxy) is 1. The first kappa shape index (κ1) is 17.4. The van der Waals surface area contributed by atoms with Gasteiger partial charge >= 0.3 is 5.97 Å². The van der Waals surface area contributed by atoms with Crippen molar-refractivity contribution in [3.05, 3.63) is 0 Å². The van der Waals surface area contributed by atoms with Crippen molar-refractivity contribution in [3.63, 3.8) is 0 Å². The highest BCUT2D eigenvalue weighted by molar-refractivity contribution is 6.45. The summed E-state index contributed by atoms with van der Waals surface area (Å²) >= 11 is 10.5. The van der Waals surface area contributed by atoms with Crippen LogP contribution < -0.4 is 0 Å². The summed E-state index contributed by atoms with van der Waals surface area (Å²) in [5.41, 5.74) is 0. The van der Waals surface area contributed by atoms with Gasteiger partial charge in [-0.15, -0.1) is 23.2 Å². The molecule has 0 radical (unpaired) electrons. The lowest BCUT2D eigenvalue weighted by molar-refractivity contribution is -0.142. The predicted molar refractivity (Wildman–Crippen MR) is 66.6 cm³/mol. The summed E-state index contributed by atoms with van der Waals surface area (Å²) in [4.78, 5) is 9.81. The Morgan fingerprint density at radius 1 is 1.13 bits per heavy atom. The molecule has 92 valence electrons. The molecule has 0 aromatic heterocycles. The van der Waals surface area contributed by atoms with E-state index in [1.807, 2.05) is 0 Å². The monoisotopic (exact) mass is 256 g/mol. The first-order valence-electron chi connectivity index (χ1n) is 5.52. The van der Waals surface area contributed by atoms with E-state index in [2.05, 4.69) is 18.6 Å². The molecule has 0 fully saturated rings. The van der Waals surface area contributed by atoms with E-state index < -0.39 is 4.84 Å². The zero-order valence-electron chi connectivity index (χ0n) is 9.89. The van der Waals surface area contributed by atoms with Gasteiger partial charge in [0.25, 0.3) is 0 Å². The van der Waals surface area contributed by atoms with Gasteiger partial charge in [0.1, 0.15) is 4.84 Å². The first-order valence-corrected chi connectivity index (χ1v) is 6.39. The minimum atomic E-state index is -0.649. The van der Waals surface area contributed by atoms with E-state index in [1.54, 1.807) is 6.92 Å². The molecule has 0 saturated heterocycles. The third-order valence-electron chi connectivity index (χ3n) is 1.58. The van der Waals surface area contributed by atoms with Crippen LogP contribution in [0.15, 0.2) is 0 Å². The average Bonchev–Trinajstić information content (AvgIpc) is 2.15. The van der Waals surface area contributed by atoms with Crippen molar-refractivity contribution < 1.29 is 9.53 Å². The SMILES string of the molecule is CCCCCC.CCOC(=O)CC(Cl)Cl. The van der Waals surface area contributed by atoms with Gasteiger partial charge < -0.3 is 4.74 Å². The molecule has 0 aromatic carbocycles. The van der Waals surface area contributed by atoms with Crippen LogP contribution in [0, 0.1) is 0 Å². The molecule has 0 aliphatic heterocycles. The van der Waals surface area contributed by atoms with Crippen LogP contribution in [0.5, 0.6) is 0 Å². The minimum absolute atomic E-state index is 0.0664. The van der Waals surface area contributed by atoms with Gasteiger partial charge in [0, 0.05) is 0 Å². The number of esters is 1. The number of carbonyl (C=O) groups is 1. The smallest absolute Gasteiger partial charge is 0.308 e. The minimum Gasteiger partial charge on any atom is -0.466 e. The van der Waals surface area contributed by atoms with Crippen molar-refractivity contribution >= 4 is 29.2 Å². The van der Waals surface area contributed by atoms with Crippen LogP contribution in [-0.4, -0.2) is 17.4 Å². The summed E-state index contributed by atoms with van der Waals surface area (Å²) in [5, 5.41) is 0. The van der Waals surface area contributed by atoms with Gasteiger partial charge in [0.2, 0.25) is 0 Å². The molecule has 0 bridgehead atoms. The average molecular weight is 257 g/mol. The Labute approximate surface area is 103 Å². The van der Waals surface area contributed by atoms with Crippen LogP contribution in [0.2, 0.25) is 0 Å². The van der Waals surface area contributed by atoms with E-state index in [4.69, 9.17) is 23.2 Å². The molecule has 0 spiro atoms. The largest absolute Gasteiger partial charge is 0.466 e. The molecule has 0 atom stereocenters. The summed E-state index contributed by atoms with van der Waals surface area (Å²) in [5.74, 6) is -0.354. The second-order valence-electron chi connectivity index (χ2n) is 3.11. The summed E-state index contributed by atoms with van der Waals surface area (Å²) in [6.45, 7) is 6.57. The molecule has 0 aliphatic carbocycles. The Morgan fingerprint density at radius 3 is 1.87 bits per heavy atom. The quantitative estimate of drug-likeness (QED) is 0.402. The molecular formula is C11H22Cl2O2. The predicted octanol–water partition coefficient (Wildman–Crippen LogP) is 4.33. The number of carbonyl (C=O) groups excluding carboxylic acids is 1. The van der Waals surface area contributed by atoms with E-state index >= 15 is 0 Å². The molecule has 4 heteroatoms. The van der Waals surface area contributed by atoms with E-state index in [0.717, 1.165) is 0 Å². The van der Waals surface area contributed by atoms with Gasteiger partial charge in [0.15, 0.2) is 0 Å². The van der Waals surface area contributed by atoms with Crippen molar-refractivity contribution in [1.82, 2.24) is 0 Å². The lowest BCUT2D eigenvalue weighted by Gasteiger charge is -1.99. The fraction of sp³-hybridized carbons (Fsp3) is 0.909. The van der Waals surface area contributed by atoms with Crippen LogP contribution in [-0.2, 0) is 9.53 Å².